The average molecular weight is 286 g/mol. The molecule has 2 rings (SSSR count). The van der Waals surface area contributed by atoms with Crippen LogP contribution in [0.5, 0.6) is 0 Å². The van der Waals surface area contributed by atoms with E-state index in [0.717, 1.165) is 36.8 Å². The Morgan fingerprint density at radius 3 is 2.95 bits per heavy atom. The van der Waals surface area contributed by atoms with Crippen LogP contribution in [0.1, 0.15) is 38.5 Å². The zero-order valence-electron chi connectivity index (χ0n) is 11.6. The smallest absolute Gasteiger partial charge is 0.237 e. The molecule has 3 unspecified atom stereocenters. The van der Waals surface area contributed by atoms with Gasteiger partial charge in [0.15, 0.2) is 0 Å². The SMILES string of the molecule is O=C(NCCSCCCO)C1CC2CCCCC2N1. The van der Waals surface area contributed by atoms with E-state index in [1.165, 1.54) is 25.7 Å². The molecule has 0 aromatic heterocycles. The van der Waals surface area contributed by atoms with Crippen molar-refractivity contribution in [1.29, 1.82) is 0 Å². The largest absolute Gasteiger partial charge is 0.396 e. The summed E-state index contributed by atoms with van der Waals surface area (Å²) in [4.78, 5) is 12.1. The molecule has 19 heavy (non-hydrogen) atoms. The van der Waals surface area contributed by atoms with Crippen molar-refractivity contribution in [3.8, 4) is 0 Å². The zero-order chi connectivity index (χ0) is 13.5. The molecule has 1 aliphatic heterocycles. The summed E-state index contributed by atoms with van der Waals surface area (Å²) >= 11 is 1.79. The van der Waals surface area contributed by atoms with Gasteiger partial charge < -0.3 is 15.7 Å². The van der Waals surface area contributed by atoms with Gasteiger partial charge in [-0.25, -0.2) is 0 Å². The summed E-state index contributed by atoms with van der Waals surface area (Å²) in [5, 5.41) is 15.2. The first-order valence-electron chi connectivity index (χ1n) is 7.53. The molecule has 5 heteroatoms. The van der Waals surface area contributed by atoms with Crippen LogP contribution in [0, 0.1) is 5.92 Å². The van der Waals surface area contributed by atoms with Gasteiger partial charge in [0.05, 0.1) is 6.04 Å². The standard InChI is InChI=1S/C14H26N2O2S/c17-7-3-8-19-9-6-15-14(18)13-10-11-4-1-2-5-12(11)16-13/h11-13,16-17H,1-10H2,(H,15,18). The van der Waals surface area contributed by atoms with E-state index in [1.807, 2.05) is 0 Å². The summed E-state index contributed by atoms with van der Waals surface area (Å²) in [6, 6.07) is 0.624. The summed E-state index contributed by atoms with van der Waals surface area (Å²) < 4.78 is 0. The highest BCUT2D eigenvalue weighted by molar-refractivity contribution is 7.99. The van der Waals surface area contributed by atoms with E-state index in [1.54, 1.807) is 11.8 Å². The quantitative estimate of drug-likeness (QED) is 0.614. The molecule has 0 bridgehead atoms. The van der Waals surface area contributed by atoms with Gasteiger partial charge in [-0.2, -0.15) is 11.8 Å². The Bertz CT molecular complexity index is 275. The van der Waals surface area contributed by atoms with Crippen LogP contribution >= 0.6 is 11.8 Å². The molecule has 3 atom stereocenters. The van der Waals surface area contributed by atoms with Crippen LogP contribution in [-0.4, -0.2) is 47.8 Å². The molecule has 0 aromatic rings. The van der Waals surface area contributed by atoms with Crippen molar-refractivity contribution in [2.75, 3.05) is 24.7 Å². The monoisotopic (exact) mass is 286 g/mol. The molecule has 2 fully saturated rings. The van der Waals surface area contributed by atoms with E-state index in [4.69, 9.17) is 5.11 Å². The Kier molecular flexibility index (Phi) is 6.47. The Hall–Kier alpha value is -0.260. The first kappa shape index (κ1) is 15.1. The summed E-state index contributed by atoms with van der Waals surface area (Å²) in [6.07, 6.45) is 7.03. The molecular formula is C14H26N2O2S. The van der Waals surface area contributed by atoms with Crippen molar-refractivity contribution < 1.29 is 9.90 Å². The summed E-state index contributed by atoms with van der Waals surface area (Å²) in [5.74, 6) is 2.81. The predicted molar refractivity (Wildman–Crippen MR) is 79.3 cm³/mol. The predicted octanol–water partition coefficient (Wildman–Crippen LogP) is 1.14. The van der Waals surface area contributed by atoms with E-state index in [-0.39, 0.29) is 18.6 Å². The lowest BCUT2D eigenvalue weighted by molar-refractivity contribution is -0.122. The molecule has 2 aliphatic rings. The van der Waals surface area contributed by atoms with Crippen LogP contribution in [0.25, 0.3) is 0 Å². The van der Waals surface area contributed by atoms with Gasteiger partial charge in [0.25, 0.3) is 0 Å². The molecule has 1 saturated carbocycles. The second-order valence-electron chi connectivity index (χ2n) is 5.59. The first-order valence-corrected chi connectivity index (χ1v) is 8.69. The fourth-order valence-electron chi connectivity index (χ4n) is 3.16. The van der Waals surface area contributed by atoms with Crippen molar-refractivity contribution in [1.82, 2.24) is 10.6 Å². The number of fused-ring (bicyclic) bond motifs is 1. The van der Waals surface area contributed by atoms with E-state index in [9.17, 15) is 4.79 Å². The number of aliphatic hydroxyl groups excluding tert-OH is 1. The van der Waals surface area contributed by atoms with E-state index < -0.39 is 0 Å². The molecule has 1 aliphatic carbocycles. The van der Waals surface area contributed by atoms with Gasteiger partial charge in [0.1, 0.15) is 0 Å². The average Bonchev–Trinajstić information content (AvgIpc) is 2.86. The third-order valence-corrected chi connectivity index (χ3v) is 5.24. The van der Waals surface area contributed by atoms with E-state index in [2.05, 4.69) is 10.6 Å². The van der Waals surface area contributed by atoms with Crippen LogP contribution in [-0.2, 0) is 4.79 Å². The molecule has 1 amide bonds. The highest BCUT2D eigenvalue weighted by atomic mass is 32.2. The second-order valence-corrected chi connectivity index (χ2v) is 6.81. The molecule has 0 aromatic carbocycles. The van der Waals surface area contributed by atoms with Crippen molar-refractivity contribution in [3.05, 3.63) is 0 Å². The van der Waals surface area contributed by atoms with Crippen LogP contribution in [0.4, 0.5) is 0 Å². The van der Waals surface area contributed by atoms with Gasteiger partial charge in [-0.1, -0.05) is 12.8 Å². The van der Waals surface area contributed by atoms with Crippen LogP contribution in [0.2, 0.25) is 0 Å². The van der Waals surface area contributed by atoms with Gasteiger partial charge in [0.2, 0.25) is 5.91 Å². The van der Waals surface area contributed by atoms with Crippen LogP contribution in [0.3, 0.4) is 0 Å². The Labute approximate surface area is 120 Å². The maximum Gasteiger partial charge on any atom is 0.237 e. The van der Waals surface area contributed by atoms with Crippen LogP contribution < -0.4 is 10.6 Å². The van der Waals surface area contributed by atoms with Crippen molar-refractivity contribution in [2.45, 2.75) is 50.6 Å². The summed E-state index contributed by atoms with van der Waals surface area (Å²) in [6.45, 7) is 0.997. The van der Waals surface area contributed by atoms with Gasteiger partial charge >= 0.3 is 0 Å². The maximum atomic E-state index is 12.1. The molecule has 4 nitrogen and oxygen atoms in total. The number of carbonyl (C=O) groups excluding carboxylic acids is 1. The lowest BCUT2D eigenvalue weighted by Gasteiger charge is -2.24. The highest BCUT2D eigenvalue weighted by Gasteiger charge is 2.37. The molecule has 0 radical (unpaired) electrons. The Morgan fingerprint density at radius 1 is 1.32 bits per heavy atom. The maximum absolute atomic E-state index is 12.1. The topological polar surface area (TPSA) is 61.4 Å². The molecular weight excluding hydrogens is 260 g/mol. The zero-order valence-corrected chi connectivity index (χ0v) is 12.4. The number of aliphatic hydroxyl groups is 1. The van der Waals surface area contributed by atoms with Gasteiger partial charge in [0, 0.05) is 24.9 Å². The first-order chi connectivity index (χ1) is 9.31. The van der Waals surface area contributed by atoms with Gasteiger partial charge in [-0.05, 0) is 37.4 Å². The second kappa shape index (κ2) is 8.12. The molecule has 3 N–H and O–H groups in total. The number of carbonyl (C=O) groups is 1. The molecule has 1 saturated heterocycles. The number of thioether (sulfide) groups is 1. The number of hydrogen-bond acceptors (Lipinski definition) is 4. The van der Waals surface area contributed by atoms with E-state index >= 15 is 0 Å². The number of rotatable bonds is 7. The van der Waals surface area contributed by atoms with Crippen molar-refractivity contribution >= 4 is 17.7 Å². The minimum Gasteiger partial charge on any atom is -0.396 e. The number of nitrogens with one attached hydrogen (secondary N) is 2. The lowest BCUT2D eigenvalue weighted by Crippen LogP contribution is -2.43. The number of amides is 1. The van der Waals surface area contributed by atoms with Gasteiger partial charge in [-0.15, -0.1) is 0 Å². The van der Waals surface area contributed by atoms with Crippen LogP contribution in [0.15, 0.2) is 0 Å². The number of hydrogen-bond donors (Lipinski definition) is 3. The lowest BCUT2D eigenvalue weighted by atomic mass is 9.85. The Balaban J connectivity index is 1.59. The molecule has 0 spiro atoms. The fourth-order valence-corrected chi connectivity index (χ4v) is 3.94. The fraction of sp³-hybridized carbons (Fsp3) is 0.929. The molecule has 1 heterocycles. The van der Waals surface area contributed by atoms with Crippen molar-refractivity contribution in [2.24, 2.45) is 5.92 Å². The van der Waals surface area contributed by atoms with Gasteiger partial charge in [-0.3, -0.25) is 4.79 Å². The highest BCUT2D eigenvalue weighted by Crippen LogP contribution is 2.33. The molecule has 110 valence electrons. The van der Waals surface area contributed by atoms with Crippen molar-refractivity contribution in [3.63, 3.8) is 0 Å². The summed E-state index contributed by atoms with van der Waals surface area (Å²) in [7, 11) is 0. The minimum atomic E-state index is 0.0375. The summed E-state index contributed by atoms with van der Waals surface area (Å²) in [5.41, 5.74) is 0. The Morgan fingerprint density at radius 2 is 2.16 bits per heavy atom. The minimum absolute atomic E-state index is 0.0375. The third kappa shape index (κ3) is 4.65. The van der Waals surface area contributed by atoms with E-state index in [0.29, 0.717) is 6.04 Å². The third-order valence-electron chi connectivity index (χ3n) is 4.17. The normalized spacial score (nSPS) is 30.1.